The van der Waals surface area contributed by atoms with Crippen LogP contribution in [0.1, 0.15) is 16.7 Å². The first-order chi connectivity index (χ1) is 15.1. The van der Waals surface area contributed by atoms with Crippen LogP contribution in [0.5, 0.6) is 17.2 Å². The number of anilines is 1. The van der Waals surface area contributed by atoms with E-state index in [-0.39, 0.29) is 18.1 Å². The molecule has 0 saturated carbocycles. The van der Waals surface area contributed by atoms with E-state index >= 15 is 0 Å². The fourth-order valence-electron chi connectivity index (χ4n) is 3.41. The van der Waals surface area contributed by atoms with Crippen LogP contribution in [0.25, 0.3) is 0 Å². The van der Waals surface area contributed by atoms with E-state index in [1.165, 1.54) is 6.07 Å². The first kappa shape index (κ1) is 20.7. The minimum Gasteiger partial charge on any atom is -0.486 e. The number of fused-ring (bicyclic) bond motifs is 1. The Morgan fingerprint density at radius 3 is 2.48 bits per heavy atom. The normalized spacial score (nSPS) is 12.5. The molecule has 0 spiro atoms. The second-order valence-corrected chi connectivity index (χ2v) is 7.07. The summed E-state index contributed by atoms with van der Waals surface area (Å²) >= 11 is 0. The summed E-state index contributed by atoms with van der Waals surface area (Å²) in [5.41, 5.74) is 2.80. The van der Waals surface area contributed by atoms with Crippen molar-refractivity contribution in [3.05, 3.63) is 83.4 Å². The maximum absolute atomic E-state index is 12.8. The first-order valence-corrected chi connectivity index (χ1v) is 9.87. The van der Waals surface area contributed by atoms with E-state index in [4.69, 9.17) is 9.47 Å². The molecule has 160 valence electrons. The molecule has 1 amide bonds. The number of hydrogen-bond donors (Lipinski definition) is 1. The van der Waals surface area contributed by atoms with Crippen LogP contribution in [0.2, 0.25) is 0 Å². The summed E-state index contributed by atoms with van der Waals surface area (Å²) in [5.74, 6) is 1.14. The van der Waals surface area contributed by atoms with Gasteiger partial charge in [-0.05, 0) is 41.5 Å². The van der Waals surface area contributed by atoms with E-state index in [0.717, 1.165) is 11.1 Å². The van der Waals surface area contributed by atoms with Crippen molar-refractivity contribution < 1.29 is 27.8 Å². The Kier molecular flexibility index (Phi) is 6.31. The molecule has 0 aliphatic carbocycles. The average molecular weight is 425 g/mol. The number of amides is 1. The van der Waals surface area contributed by atoms with Crippen molar-refractivity contribution in [3.8, 4) is 17.2 Å². The topological polar surface area (TPSA) is 56.8 Å². The first-order valence-electron chi connectivity index (χ1n) is 9.87. The summed E-state index contributed by atoms with van der Waals surface area (Å²) < 4.78 is 41.3. The van der Waals surface area contributed by atoms with Gasteiger partial charge in [0.25, 0.3) is 0 Å². The number of hydrogen-bond acceptors (Lipinski definition) is 4. The average Bonchev–Trinajstić information content (AvgIpc) is 2.76. The van der Waals surface area contributed by atoms with Crippen LogP contribution in [0.15, 0.2) is 66.7 Å². The molecular formula is C24H21F2NO4. The Morgan fingerprint density at radius 2 is 1.71 bits per heavy atom. The predicted molar refractivity (Wildman–Crippen MR) is 112 cm³/mol. The van der Waals surface area contributed by atoms with Gasteiger partial charge in [0, 0.05) is 17.7 Å². The Balaban J connectivity index is 1.48. The van der Waals surface area contributed by atoms with Crippen molar-refractivity contribution in [3.63, 3.8) is 0 Å². The van der Waals surface area contributed by atoms with Gasteiger partial charge in [0.05, 0.1) is 6.42 Å². The molecule has 0 aromatic heterocycles. The lowest BCUT2D eigenvalue weighted by molar-refractivity contribution is -0.115. The molecular weight excluding hydrogens is 404 g/mol. The summed E-state index contributed by atoms with van der Waals surface area (Å²) in [6, 6.07) is 19.5. The Hall–Kier alpha value is -3.61. The highest BCUT2D eigenvalue weighted by molar-refractivity contribution is 5.92. The summed E-state index contributed by atoms with van der Waals surface area (Å²) in [7, 11) is 0. The third-order valence-electron chi connectivity index (χ3n) is 4.77. The molecule has 1 N–H and O–H groups in total. The molecule has 0 bridgehead atoms. The lowest BCUT2D eigenvalue weighted by Gasteiger charge is -2.18. The molecule has 0 radical (unpaired) electrons. The van der Waals surface area contributed by atoms with Gasteiger partial charge in [0.1, 0.15) is 19.0 Å². The molecule has 1 aliphatic rings. The summed E-state index contributed by atoms with van der Waals surface area (Å²) in [4.78, 5) is 12.5. The third-order valence-corrected chi connectivity index (χ3v) is 4.77. The molecule has 3 aromatic rings. The molecule has 1 heterocycles. The van der Waals surface area contributed by atoms with E-state index in [1.807, 2.05) is 36.4 Å². The molecule has 0 atom stereocenters. The smallest absolute Gasteiger partial charge is 0.387 e. The molecule has 0 saturated heterocycles. The zero-order valence-electron chi connectivity index (χ0n) is 16.6. The number of alkyl halides is 2. The zero-order valence-corrected chi connectivity index (χ0v) is 16.6. The lowest BCUT2D eigenvalue weighted by Crippen LogP contribution is -2.17. The van der Waals surface area contributed by atoms with Crippen molar-refractivity contribution in [2.24, 2.45) is 0 Å². The zero-order chi connectivity index (χ0) is 21.6. The second-order valence-electron chi connectivity index (χ2n) is 7.07. The van der Waals surface area contributed by atoms with Crippen molar-refractivity contribution in [1.82, 2.24) is 0 Å². The quantitative estimate of drug-likeness (QED) is 0.589. The molecule has 0 unspecified atom stereocenters. The maximum atomic E-state index is 12.8. The maximum Gasteiger partial charge on any atom is 0.387 e. The Morgan fingerprint density at radius 1 is 0.935 bits per heavy atom. The number of nitrogens with one attached hydrogen (secondary N) is 1. The van der Waals surface area contributed by atoms with E-state index in [1.54, 1.807) is 24.3 Å². The fourth-order valence-corrected chi connectivity index (χ4v) is 3.41. The van der Waals surface area contributed by atoms with E-state index in [2.05, 4.69) is 10.1 Å². The van der Waals surface area contributed by atoms with Gasteiger partial charge in [-0.2, -0.15) is 8.78 Å². The number of carbonyl (C=O) groups is 1. The minimum atomic E-state index is -2.93. The van der Waals surface area contributed by atoms with E-state index in [0.29, 0.717) is 42.4 Å². The van der Waals surface area contributed by atoms with Gasteiger partial charge in [0.2, 0.25) is 5.91 Å². The second kappa shape index (κ2) is 9.47. The Labute approximate surface area is 178 Å². The van der Waals surface area contributed by atoms with Crippen LogP contribution >= 0.6 is 0 Å². The molecule has 7 heteroatoms. The van der Waals surface area contributed by atoms with Crippen molar-refractivity contribution >= 4 is 11.6 Å². The summed E-state index contributed by atoms with van der Waals surface area (Å²) in [6.07, 6.45) is 0.536. The summed E-state index contributed by atoms with van der Waals surface area (Å²) in [6.45, 7) is -1.95. The molecule has 31 heavy (non-hydrogen) atoms. The van der Waals surface area contributed by atoms with Gasteiger partial charge >= 0.3 is 6.61 Å². The highest BCUT2D eigenvalue weighted by Gasteiger charge is 2.15. The molecule has 3 aromatic carbocycles. The van der Waals surface area contributed by atoms with Crippen LogP contribution in [0, 0.1) is 0 Å². The Bertz CT molecular complexity index is 1060. The van der Waals surface area contributed by atoms with E-state index in [9.17, 15) is 13.6 Å². The fraction of sp³-hybridized carbons (Fsp3) is 0.208. The molecule has 0 fully saturated rings. The van der Waals surface area contributed by atoms with E-state index < -0.39 is 6.61 Å². The predicted octanol–water partition coefficient (Wildman–Crippen LogP) is 4.83. The number of rotatable bonds is 7. The highest BCUT2D eigenvalue weighted by Crippen LogP contribution is 2.31. The third kappa shape index (κ3) is 5.51. The van der Waals surface area contributed by atoms with Crippen molar-refractivity contribution in [2.75, 3.05) is 18.5 Å². The number of benzene rings is 3. The highest BCUT2D eigenvalue weighted by atomic mass is 19.3. The van der Waals surface area contributed by atoms with Crippen LogP contribution in [0.4, 0.5) is 14.5 Å². The molecule has 5 nitrogen and oxygen atoms in total. The lowest BCUT2D eigenvalue weighted by atomic mass is 10.0. The van der Waals surface area contributed by atoms with Gasteiger partial charge < -0.3 is 19.5 Å². The van der Waals surface area contributed by atoms with Crippen LogP contribution in [-0.4, -0.2) is 25.7 Å². The van der Waals surface area contributed by atoms with Crippen molar-refractivity contribution in [2.45, 2.75) is 19.5 Å². The van der Waals surface area contributed by atoms with Crippen LogP contribution in [0.3, 0.4) is 0 Å². The minimum absolute atomic E-state index is 0.0867. The number of halogens is 2. The largest absolute Gasteiger partial charge is 0.486 e. The van der Waals surface area contributed by atoms with Crippen molar-refractivity contribution in [1.29, 1.82) is 0 Å². The van der Waals surface area contributed by atoms with Gasteiger partial charge in [-0.25, -0.2) is 0 Å². The van der Waals surface area contributed by atoms with Gasteiger partial charge in [0.15, 0.2) is 11.5 Å². The molecule has 1 aliphatic heterocycles. The standard InChI is InChI=1S/C24H21F2NO4/c25-24(26)31-20-9-7-19(15-18(20)12-16-4-2-1-3-5-16)27-23(28)14-17-6-8-21-22(13-17)30-11-10-29-21/h1-9,13,15,24H,10-12,14H2,(H,27,28). The number of carbonyl (C=O) groups excluding carboxylic acids is 1. The number of ether oxygens (including phenoxy) is 3. The van der Waals surface area contributed by atoms with Gasteiger partial charge in [-0.15, -0.1) is 0 Å². The van der Waals surface area contributed by atoms with Crippen LogP contribution < -0.4 is 19.5 Å². The summed E-state index contributed by atoms with van der Waals surface area (Å²) in [5, 5.41) is 2.82. The SMILES string of the molecule is O=C(Cc1ccc2c(c1)OCCO2)Nc1ccc(OC(F)F)c(Cc2ccccc2)c1. The van der Waals surface area contributed by atoms with Crippen LogP contribution in [-0.2, 0) is 17.6 Å². The molecule has 4 rings (SSSR count). The van der Waals surface area contributed by atoms with Gasteiger partial charge in [-0.3, -0.25) is 4.79 Å². The van der Waals surface area contributed by atoms with Gasteiger partial charge in [-0.1, -0.05) is 36.4 Å². The monoisotopic (exact) mass is 425 g/mol.